The second-order valence-corrected chi connectivity index (χ2v) is 8.30. The van der Waals surface area contributed by atoms with Crippen molar-refractivity contribution in [1.29, 1.82) is 0 Å². The zero-order valence-corrected chi connectivity index (χ0v) is 19.0. The van der Waals surface area contributed by atoms with Crippen LogP contribution in [0.25, 0.3) is 0 Å². The van der Waals surface area contributed by atoms with Crippen LogP contribution in [0.15, 0.2) is 53.1 Å². The summed E-state index contributed by atoms with van der Waals surface area (Å²) in [5, 5.41) is 7.27. The number of benzene rings is 2. The summed E-state index contributed by atoms with van der Waals surface area (Å²) in [4.78, 5) is 11.5. The van der Waals surface area contributed by atoms with Crippen LogP contribution in [0.1, 0.15) is 11.3 Å². The normalized spacial score (nSPS) is 13.9. The molecule has 6 nitrogen and oxygen atoms in total. The molecule has 0 unspecified atom stereocenters. The van der Waals surface area contributed by atoms with E-state index < -0.39 is 0 Å². The molecule has 0 atom stereocenters. The van der Waals surface area contributed by atoms with Gasteiger partial charge in [-0.15, -0.1) is 0 Å². The van der Waals surface area contributed by atoms with E-state index in [0.717, 1.165) is 47.6 Å². The van der Waals surface area contributed by atoms with Gasteiger partial charge in [-0.05, 0) is 57.9 Å². The lowest BCUT2D eigenvalue weighted by atomic mass is 10.1. The summed E-state index contributed by atoms with van der Waals surface area (Å²) in [7, 11) is 1.61. The lowest BCUT2D eigenvalue weighted by Gasteiger charge is -2.29. The Morgan fingerprint density at radius 2 is 1.93 bits per heavy atom. The first-order valence-corrected chi connectivity index (χ1v) is 11.0. The number of hydrogen-bond acceptors (Lipinski definition) is 6. The Labute approximate surface area is 189 Å². The molecule has 2 aromatic carbocycles. The minimum absolute atomic E-state index is 0.559. The topological polar surface area (TPSA) is 62.3 Å². The van der Waals surface area contributed by atoms with Crippen LogP contribution in [0.3, 0.4) is 0 Å². The predicted molar refractivity (Wildman–Crippen MR) is 125 cm³/mol. The first-order valence-electron chi connectivity index (χ1n) is 9.79. The van der Waals surface area contributed by atoms with E-state index in [2.05, 4.69) is 60.7 Å². The molecule has 0 saturated carbocycles. The van der Waals surface area contributed by atoms with E-state index in [4.69, 9.17) is 21.3 Å². The van der Waals surface area contributed by atoms with Crippen molar-refractivity contribution in [2.24, 2.45) is 0 Å². The molecule has 1 aliphatic rings. The average molecular weight is 489 g/mol. The second-order valence-electron chi connectivity index (χ2n) is 7.04. The van der Waals surface area contributed by atoms with E-state index >= 15 is 0 Å². The van der Waals surface area contributed by atoms with Crippen LogP contribution in [0.4, 0.5) is 17.3 Å². The van der Waals surface area contributed by atoms with E-state index in [1.807, 2.05) is 18.2 Å². The summed E-state index contributed by atoms with van der Waals surface area (Å²) in [6.45, 7) is 4.10. The van der Waals surface area contributed by atoms with Gasteiger partial charge >= 0.3 is 0 Å². The Bertz CT molecular complexity index is 1010. The fraction of sp³-hybridized carbons (Fsp3) is 0.273. The Balaban J connectivity index is 1.47. The minimum Gasteiger partial charge on any atom is -0.495 e. The number of nitrogens with zero attached hydrogens (tertiary/aromatic N) is 3. The summed E-state index contributed by atoms with van der Waals surface area (Å²) in [6, 6.07) is 14.1. The molecule has 3 aromatic rings. The number of rotatable bonds is 6. The molecule has 156 valence electrons. The molecule has 30 heavy (non-hydrogen) atoms. The van der Waals surface area contributed by atoms with Crippen LogP contribution in [0.2, 0.25) is 5.02 Å². The highest BCUT2D eigenvalue weighted by atomic mass is 79.9. The van der Waals surface area contributed by atoms with Crippen LogP contribution in [-0.2, 0) is 6.42 Å². The van der Waals surface area contributed by atoms with E-state index in [1.54, 1.807) is 13.3 Å². The van der Waals surface area contributed by atoms with Crippen LogP contribution in [0, 0.1) is 0 Å². The van der Waals surface area contributed by atoms with Gasteiger partial charge in [-0.2, -0.15) is 0 Å². The molecule has 1 fully saturated rings. The summed E-state index contributed by atoms with van der Waals surface area (Å²) in [5.41, 5.74) is 4.13. The zero-order chi connectivity index (χ0) is 20.9. The van der Waals surface area contributed by atoms with Crippen molar-refractivity contribution in [3.8, 4) is 5.75 Å². The van der Waals surface area contributed by atoms with Crippen molar-refractivity contribution >= 4 is 44.9 Å². The first-order chi connectivity index (χ1) is 14.6. The summed E-state index contributed by atoms with van der Waals surface area (Å²) >= 11 is 9.69. The number of ether oxygens (including phenoxy) is 1. The molecule has 2 N–H and O–H groups in total. The molecule has 0 amide bonds. The number of anilines is 3. The Morgan fingerprint density at radius 1 is 1.17 bits per heavy atom. The standard InChI is InChI=1S/C22H23BrClN5O/c1-30-21-13-15(2-7-19(21)24)12-20-18(23)14-26-22(28-20)27-16-3-5-17(6-4-16)29-10-8-25-9-11-29/h2-7,13-14,25H,8-12H2,1H3,(H,26,27,28). The maximum absolute atomic E-state index is 6.13. The fourth-order valence-corrected chi connectivity index (χ4v) is 3.93. The third kappa shape index (κ3) is 5.03. The quantitative estimate of drug-likeness (QED) is 0.527. The Morgan fingerprint density at radius 3 is 2.67 bits per heavy atom. The third-order valence-electron chi connectivity index (χ3n) is 5.01. The molecule has 2 heterocycles. The number of hydrogen-bond donors (Lipinski definition) is 2. The summed E-state index contributed by atoms with van der Waals surface area (Å²) < 4.78 is 6.17. The molecule has 1 aromatic heterocycles. The van der Waals surface area contributed by atoms with E-state index in [-0.39, 0.29) is 0 Å². The van der Waals surface area contributed by atoms with Gasteiger partial charge in [0.25, 0.3) is 0 Å². The second kappa shape index (κ2) is 9.64. The van der Waals surface area contributed by atoms with Gasteiger partial charge < -0.3 is 20.3 Å². The van der Waals surface area contributed by atoms with Gasteiger partial charge in [0.2, 0.25) is 5.95 Å². The fourth-order valence-electron chi connectivity index (χ4n) is 3.40. The molecule has 0 bridgehead atoms. The van der Waals surface area contributed by atoms with Crippen LogP contribution in [-0.4, -0.2) is 43.3 Å². The molecular weight excluding hydrogens is 466 g/mol. The van der Waals surface area contributed by atoms with Crippen molar-refractivity contribution in [1.82, 2.24) is 15.3 Å². The molecule has 0 spiro atoms. The van der Waals surface area contributed by atoms with Gasteiger partial charge in [0.1, 0.15) is 5.75 Å². The zero-order valence-electron chi connectivity index (χ0n) is 16.7. The van der Waals surface area contributed by atoms with Crippen molar-refractivity contribution in [3.63, 3.8) is 0 Å². The highest BCUT2D eigenvalue weighted by molar-refractivity contribution is 9.10. The van der Waals surface area contributed by atoms with Gasteiger partial charge in [-0.1, -0.05) is 17.7 Å². The van der Waals surface area contributed by atoms with Gasteiger partial charge in [0.15, 0.2) is 0 Å². The maximum Gasteiger partial charge on any atom is 0.227 e. The molecule has 4 rings (SSSR count). The summed E-state index contributed by atoms with van der Waals surface area (Å²) in [5.74, 6) is 1.21. The van der Waals surface area contributed by atoms with Crippen LogP contribution in [0.5, 0.6) is 5.75 Å². The van der Waals surface area contributed by atoms with Gasteiger partial charge in [-0.25, -0.2) is 9.97 Å². The van der Waals surface area contributed by atoms with Crippen molar-refractivity contribution in [3.05, 3.63) is 69.4 Å². The van der Waals surface area contributed by atoms with Crippen molar-refractivity contribution < 1.29 is 4.74 Å². The van der Waals surface area contributed by atoms with E-state index in [9.17, 15) is 0 Å². The molecule has 0 aliphatic carbocycles. The smallest absolute Gasteiger partial charge is 0.227 e. The SMILES string of the molecule is COc1cc(Cc2nc(Nc3ccc(N4CCNCC4)cc3)ncc2Br)ccc1Cl. The largest absolute Gasteiger partial charge is 0.495 e. The molecule has 1 saturated heterocycles. The minimum atomic E-state index is 0.559. The van der Waals surface area contributed by atoms with Crippen LogP contribution >= 0.6 is 27.5 Å². The number of piperazine rings is 1. The lowest BCUT2D eigenvalue weighted by Crippen LogP contribution is -2.43. The summed E-state index contributed by atoms with van der Waals surface area (Å²) in [6.07, 6.45) is 2.40. The monoisotopic (exact) mass is 487 g/mol. The van der Waals surface area contributed by atoms with Gasteiger partial charge in [0, 0.05) is 50.2 Å². The number of halogens is 2. The number of aromatic nitrogens is 2. The molecule has 0 radical (unpaired) electrons. The molecule has 1 aliphatic heterocycles. The van der Waals surface area contributed by atoms with Crippen molar-refractivity contribution in [2.75, 3.05) is 43.5 Å². The van der Waals surface area contributed by atoms with Gasteiger partial charge in [-0.3, -0.25) is 0 Å². The van der Waals surface area contributed by atoms with E-state index in [1.165, 1.54) is 5.69 Å². The highest BCUT2D eigenvalue weighted by Gasteiger charge is 2.11. The van der Waals surface area contributed by atoms with E-state index in [0.29, 0.717) is 23.1 Å². The Kier molecular flexibility index (Phi) is 6.72. The third-order valence-corrected chi connectivity index (χ3v) is 5.98. The number of nitrogens with one attached hydrogen (secondary N) is 2. The van der Waals surface area contributed by atoms with Crippen LogP contribution < -0.4 is 20.3 Å². The van der Waals surface area contributed by atoms with Crippen molar-refractivity contribution in [2.45, 2.75) is 6.42 Å². The first kappa shape index (κ1) is 20.9. The lowest BCUT2D eigenvalue weighted by molar-refractivity contribution is 0.414. The Hall–Kier alpha value is -2.35. The van der Waals surface area contributed by atoms with Gasteiger partial charge in [0.05, 0.1) is 22.3 Å². The predicted octanol–water partition coefficient (Wildman–Crippen LogP) is 4.65. The number of methoxy groups -OCH3 is 1. The highest BCUT2D eigenvalue weighted by Crippen LogP contribution is 2.28. The average Bonchev–Trinajstić information content (AvgIpc) is 2.78. The molecule has 8 heteroatoms. The molecular formula is C22H23BrClN5O. The maximum atomic E-state index is 6.13.